The Morgan fingerprint density at radius 2 is 1.84 bits per heavy atom. The van der Waals surface area contributed by atoms with Crippen molar-refractivity contribution in [2.24, 2.45) is 4.99 Å². The van der Waals surface area contributed by atoms with Gasteiger partial charge in [-0.05, 0) is 45.4 Å². The predicted octanol–water partition coefficient (Wildman–Crippen LogP) is 3.16. The third-order valence-corrected chi connectivity index (χ3v) is 4.86. The van der Waals surface area contributed by atoms with Gasteiger partial charge in [-0.25, -0.2) is 0 Å². The summed E-state index contributed by atoms with van der Waals surface area (Å²) in [7, 11) is 1.81. The number of benzene rings is 1. The zero-order valence-corrected chi connectivity index (χ0v) is 16.5. The van der Waals surface area contributed by atoms with Crippen molar-refractivity contribution >= 4 is 17.7 Å². The fourth-order valence-electron chi connectivity index (χ4n) is 2.53. The lowest BCUT2D eigenvalue weighted by molar-refractivity contribution is 0.555. The van der Waals surface area contributed by atoms with Crippen molar-refractivity contribution in [3.63, 3.8) is 0 Å². The Hall–Kier alpha value is -1.95. The van der Waals surface area contributed by atoms with Gasteiger partial charge in [0.25, 0.3) is 0 Å². The number of aromatic nitrogens is 2. The molecular formula is C19H29N5S. The van der Waals surface area contributed by atoms with E-state index in [1.165, 1.54) is 16.2 Å². The highest BCUT2D eigenvalue weighted by Crippen LogP contribution is 2.17. The van der Waals surface area contributed by atoms with E-state index in [1.807, 2.05) is 25.7 Å². The second kappa shape index (κ2) is 10.1. The first kappa shape index (κ1) is 19.4. The first-order valence-corrected chi connectivity index (χ1v) is 9.72. The molecule has 1 aromatic carbocycles. The van der Waals surface area contributed by atoms with Crippen molar-refractivity contribution in [1.82, 2.24) is 20.4 Å². The smallest absolute Gasteiger partial charge is 0.191 e. The van der Waals surface area contributed by atoms with E-state index in [0.29, 0.717) is 0 Å². The molecule has 2 aromatic rings. The normalized spacial score (nSPS) is 11.6. The molecule has 2 rings (SSSR count). The molecule has 0 saturated heterocycles. The highest BCUT2D eigenvalue weighted by Gasteiger charge is 2.01. The number of rotatable bonds is 8. The number of nitrogens with zero attached hydrogens (tertiary/aromatic N) is 3. The van der Waals surface area contributed by atoms with Crippen LogP contribution in [0.5, 0.6) is 0 Å². The molecule has 0 atom stereocenters. The molecule has 0 spiro atoms. The number of nitrogens with one attached hydrogen (secondary N) is 2. The molecule has 0 aliphatic rings. The van der Waals surface area contributed by atoms with Crippen LogP contribution in [0.25, 0.3) is 0 Å². The van der Waals surface area contributed by atoms with Gasteiger partial charge in [0.1, 0.15) is 0 Å². The largest absolute Gasteiger partial charge is 0.356 e. The molecule has 2 N–H and O–H groups in total. The topological polar surface area (TPSA) is 54.2 Å². The maximum atomic E-state index is 4.48. The summed E-state index contributed by atoms with van der Waals surface area (Å²) >= 11 is 1.85. The number of hydrogen-bond acceptors (Lipinski definition) is 3. The van der Waals surface area contributed by atoms with E-state index in [2.05, 4.69) is 69.6 Å². The second-order valence-corrected chi connectivity index (χ2v) is 7.26. The average Bonchev–Trinajstić information content (AvgIpc) is 2.92. The SMILES string of the molecule is CN=C(NCCCn1nc(C)cc1C)NCCSc1ccc(C)cc1. The Balaban J connectivity index is 1.60. The van der Waals surface area contributed by atoms with E-state index in [-0.39, 0.29) is 0 Å². The number of aliphatic imine (C=N–C) groups is 1. The molecule has 0 bridgehead atoms. The van der Waals surface area contributed by atoms with Crippen molar-refractivity contribution in [3.8, 4) is 0 Å². The molecule has 0 unspecified atom stereocenters. The summed E-state index contributed by atoms with van der Waals surface area (Å²) in [4.78, 5) is 5.58. The average molecular weight is 360 g/mol. The maximum Gasteiger partial charge on any atom is 0.191 e. The van der Waals surface area contributed by atoms with E-state index in [0.717, 1.165) is 43.5 Å². The molecule has 5 nitrogen and oxygen atoms in total. The zero-order valence-electron chi connectivity index (χ0n) is 15.7. The van der Waals surface area contributed by atoms with Gasteiger partial charge in [0.05, 0.1) is 5.69 Å². The summed E-state index contributed by atoms with van der Waals surface area (Å²) in [5.74, 6) is 1.87. The quantitative estimate of drug-likeness (QED) is 0.329. The first-order valence-electron chi connectivity index (χ1n) is 8.73. The van der Waals surface area contributed by atoms with Gasteiger partial charge in [-0.2, -0.15) is 5.10 Å². The van der Waals surface area contributed by atoms with E-state index in [9.17, 15) is 0 Å². The van der Waals surface area contributed by atoms with Crippen molar-refractivity contribution in [2.75, 3.05) is 25.9 Å². The van der Waals surface area contributed by atoms with Crippen LogP contribution in [-0.2, 0) is 6.54 Å². The van der Waals surface area contributed by atoms with Gasteiger partial charge in [0.15, 0.2) is 5.96 Å². The zero-order chi connectivity index (χ0) is 18.1. The Kier molecular flexibility index (Phi) is 7.85. The van der Waals surface area contributed by atoms with Crippen molar-refractivity contribution in [1.29, 1.82) is 0 Å². The van der Waals surface area contributed by atoms with Crippen LogP contribution in [0.3, 0.4) is 0 Å². The van der Waals surface area contributed by atoms with E-state index in [1.54, 1.807) is 0 Å². The van der Waals surface area contributed by atoms with Crippen molar-refractivity contribution in [2.45, 2.75) is 38.6 Å². The fourth-order valence-corrected chi connectivity index (χ4v) is 3.30. The third-order valence-electron chi connectivity index (χ3n) is 3.85. The Morgan fingerprint density at radius 3 is 2.48 bits per heavy atom. The minimum atomic E-state index is 0.859. The lowest BCUT2D eigenvalue weighted by Gasteiger charge is -2.12. The van der Waals surface area contributed by atoms with Crippen LogP contribution in [0.4, 0.5) is 0 Å². The van der Waals surface area contributed by atoms with E-state index in [4.69, 9.17) is 0 Å². The second-order valence-electron chi connectivity index (χ2n) is 6.09. The number of guanidine groups is 1. The summed E-state index contributed by atoms with van der Waals surface area (Å²) in [6.07, 6.45) is 1.01. The molecule has 1 heterocycles. The molecule has 25 heavy (non-hydrogen) atoms. The number of thioether (sulfide) groups is 1. The number of aryl methyl sites for hydroxylation is 4. The maximum absolute atomic E-state index is 4.48. The molecule has 0 radical (unpaired) electrons. The fraction of sp³-hybridized carbons (Fsp3) is 0.474. The lowest BCUT2D eigenvalue weighted by atomic mass is 10.2. The summed E-state index contributed by atoms with van der Waals surface area (Å²) in [6, 6.07) is 10.8. The van der Waals surface area contributed by atoms with Crippen molar-refractivity contribution in [3.05, 3.63) is 47.3 Å². The first-order chi connectivity index (χ1) is 12.1. The summed E-state index contributed by atoms with van der Waals surface area (Å²) < 4.78 is 2.06. The predicted molar refractivity (Wildman–Crippen MR) is 108 cm³/mol. The van der Waals surface area contributed by atoms with Gasteiger partial charge >= 0.3 is 0 Å². The monoisotopic (exact) mass is 359 g/mol. The van der Waals surface area contributed by atoms with Gasteiger partial charge in [-0.15, -0.1) is 11.8 Å². The summed E-state index contributed by atoms with van der Waals surface area (Å²) in [6.45, 7) is 8.92. The Labute approximate surface area is 155 Å². The highest BCUT2D eigenvalue weighted by atomic mass is 32.2. The molecule has 6 heteroatoms. The van der Waals surface area contributed by atoms with Gasteiger partial charge < -0.3 is 10.6 Å². The van der Waals surface area contributed by atoms with Crippen molar-refractivity contribution < 1.29 is 0 Å². The third kappa shape index (κ3) is 6.82. The molecule has 0 aliphatic heterocycles. The van der Waals surface area contributed by atoms with Gasteiger partial charge in [-0.1, -0.05) is 17.7 Å². The molecule has 136 valence electrons. The van der Waals surface area contributed by atoms with Crippen LogP contribution < -0.4 is 10.6 Å². The Morgan fingerprint density at radius 1 is 1.12 bits per heavy atom. The molecule has 0 fully saturated rings. The van der Waals surface area contributed by atoms with Gasteiger partial charge in [-0.3, -0.25) is 9.67 Å². The van der Waals surface area contributed by atoms with Crippen LogP contribution in [0.2, 0.25) is 0 Å². The van der Waals surface area contributed by atoms with Gasteiger partial charge in [0.2, 0.25) is 0 Å². The highest BCUT2D eigenvalue weighted by molar-refractivity contribution is 7.99. The molecule has 1 aromatic heterocycles. The van der Waals surface area contributed by atoms with Crippen LogP contribution in [0.15, 0.2) is 40.2 Å². The lowest BCUT2D eigenvalue weighted by Crippen LogP contribution is -2.39. The van der Waals surface area contributed by atoms with E-state index < -0.39 is 0 Å². The molecule has 0 amide bonds. The van der Waals surface area contributed by atoms with Crippen LogP contribution >= 0.6 is 11.8 Å². The van der Waals surface area contributed by atoms with Gasteiger partial charge in [0, 0.05) is 43.0 Å². The summed E-state index contributed by atoms with van der Waals surface area (Å²) in [5.41, 5.74) is 3.59. The molecule has 0 saturated carbocycles. The number of hydrogen-bond donors (Lipinski definition) is 2. The van der Waals surface area contributed by atoms with Crippen LogP contribution in [-0.4, -0.2) is 41.6 Å². The Bertz CT molecular complexity index is 676. The minimum Gasteiger partial charge on any atom is -0.356 e. The molecule has 0 aliphatic carbocycles. The van der Waals surface area contributed by atoms with Crippen LogP contribution in [0.1, 0.15) is 23.4 Å². The minimum absolute atomic E-state index is 0.859. The van der Waals surface area contributed by atoms with E-state index >= 15 is 0 Å². The standard InChI is InChI=1S/C19H29N5S/c1-15-6-8-18(9-7-15)25-13-11-22-19(20-4)21-10-5-12-24-17(3)14-16(2)23-24/h6-9,14H,5,10-13H2,1-4H3,(H2,20,21,22). The van der Waals surface area contributed by atoms with Crippen LogP contribution in [0, 0.1) is 20.8 Å². The summed E-state index contributed by atoms with van der Waals surface area (Å²) in [5, 5.41) is 11.2. The molecular weight excluding hydrogens is 330 g/mol.